The second-order valence-electron chi connectivity index (χ2n) is 3.68. The lowest BCUT2D eigenvalue weighted by molar-refractivity contribution is 0.547. The van der Waals surface area contributed by atoms with Crippen LogP contribution in [0, 0.1) is 24.4 Å². The number of hydrogen-bond acceptors (Lipinski definition) is 3. The van der Waals surface area contributed by atoms with E-state index in [1.807, 2.05) is 0 Å². The maximum absolute atomic E-state index is 13.3. The summed E-state index contributed by atoms with van der Waals surface area (Å²) < 4.78 is 64.6. The number of H-pyrrole nitrogens is 1. The predicted octanol–water partition coefficient (Wildman–Crippen LogP) is 1.94. The number of rotatable bonds is 3. The van der Waals surface area contributed by atoms with Crippen molar-refractivity contribution < 1.29 is 21.6 Å². The molecule has 0 fully saturated rings. The van der Waals surface area contributed by atoms with Crippen LogP contribution in [0.2, 0.25) is 0 Å². The summed E-state index contributed by atoms with van der Waals surface area (Å²) in [7, 11) is -4.22. The van der Waals surface area contributed by atoms with Gasteiger partial charge in [0, 0.05) is 12.1 Å². The molecule has 0 atom stereocenters. The van der Waals surface area contributed by atoms with E-state index in [0.717, 1.165) is 6.20 Å². The van der Waals surface area contributed by atoms with Crippen LogP contribution in [-0.4, -0.2) is 18.4 Å². The Morgan fingerprint density at radius 2 is 1.79 bits per heavy atom. The van der Waals surface area contributed by atoms with Crippen molar-refractivity contribution in [2.24, 2.45) is 0 Å². The van der Waals surface area contributed by atoms with Crippen LogP contribution in [0.3, 0.4) is 0 Å². The van der Waals surface area contributed by atoms with Gasteiger partial charge in [-0.2, -0.15) is 8.42 Å². The van der Waals surface area contributed by atoms with Gasteiger partial charge in [0.1, 0.15) is 17.3 Å². The van der Waals surface area contributed by atoms with E-state index in [1.54, 1.807) is 4.72 Å². The highest BCUT2D eigenvalue weighted by atomic mass is 32.2. The fraction of sp³-hybridized carbons (Fsp3) is 0.100. The number of hydrogen-bond donors (Lipinski definition) is 2. The number of aromatic amines is 1. The molecule has 2 N–H and O–H groups in total. The first kappa shape index (κ1) is 13.4. The fourth-order valence-corrected chi connectivity index (χ4v) is 2.41. The van der Waals surface area contributed by atoms with Crippen LogP contribution in [-0.2, 0) is 10.0 Å². The van der Waals surface area contributed by atoms with Crippen LogP contribution in [0.15, 0.2) is 23.4 Å². The predicted molar refractivity (Wildman–Crippen MR) is 60.4 cm³/mol. The highest BCUT2D eigenvalue weighted by Gasteiger charge is 2.21. The lowest BCUT2D eigenvalue weighted by Gasteiger charge is -2.08. The average molecular weight is 291 g/mol. The number of nitrogens with zero attached hydrogens (tertiary/aromatic N) is 1. The summed E-state index contributed by atoms with van der Waals surface area (Å²) in [5.41, 5.74) is -0.950. The van der Waals surface area contributed by atoms with Crippen molar-refractivity contribution in [2.45, 2.75) is 11.9 Å². The van der Waals surface area contributed by atoms with Crippen molar-refractivity contribution in [3.8, 4) is 0 Å². The molecule has 0 saturated heterocycles. The number of aromatic nitrogens is 2. The topological polar surface area (TPSA) is 74.8 Å². The molecule has 1 heterocycles. The highest BCUT2D eigenvalue weighted by molar-refractivity contribution is 7.92. The molecule has 0 spiro atoms. The van der Waals surface area contributed by atoms with Gasteiger partial charge in [-0.25, -0.2) is 18.2 Å². The first-order valence-electron chi connectivity index (χ1n) is 4.98. The number of imidazole rings is 1. The van der Waals surface area contributed by atoms with Crippen molar-refractivity contribution in [3.05, 3.63) is 41.6 Å². The molecule has 1 aromatic carbocycles. The standard InChI is InChI=1S/C10H8F3N3O2S/c1-5-14-4-9(15-5)19(17,18)16-10-7(12)2-6(11)3-8(10)13/h2-4,16H,1H3,(H,14,15). The zero-order valence-corrected chi connectivity index (χ0v) is 10.4. The van der Waals surface area contributed by atoms with E-state index in [-0.39, 0.29) is 5.03 Å². The molecule has 1 aromatic heterocycles. The van der Waals surface area contributed by atoms with Gasteiger partial charge in [0.25, 0.3) is 10.0 Å². The SMILES string of the molecule is Cc1ncc(S(=O)(=O)Nc2c(F)cc(F)cc2F)[nH]1. The molecular formula is C10H8F3N3O2S. The molecule has 0 aliphatic carbocycles. The summed E-state index contributed by atoms with van der Waals surface area (Å²) in [5.74, 6) is -3.52. The Bertz CT molecular complexity index is 704. The zero-order valence-electron chi connectivity index (χ0n) is 9.54. The van der Waals surface area contributed by atoms with Crippen LogP contribution >= 0.6 is 0 Å². The number of aryl methyl sites for hydroxylation is 1. The minimum Gasteiger partial charge on any atom is -0.332 e. The third-order valence-electron chi connectivity index (χ3n) is 2.21. The molecule has 0 bridgehead atoms. The first-order valence-corrected chi connectivity index (χ1v) is 6.47. The van der Waals surface area contributed by atoms with Crippen molar-refractivity contribution in [3.63, 3.8) is 0 Å². The minimum atomic E-state index is -4.22. The molecule has 0 aliphatic rings. The third kappa shape index (κ3) is 2.70. The lowest BCUT2D eigenvalue weighted by Crippen LogP contribution is -2.15. The van der Waals surface area contributed by atoms with Crippen LogP contribution < -0.4 is 4.72 Å². The Balaban J connectivity index is 2.41. The van der Waals surface area contributed by atoms with Gasteiger partial charge in [-0.05, 0) is 6.92 Å². The van der Waals surface area contributed by atoms with Gasteiger partial charge in [0.15, 0.2) is 16.7 Å². The molecule has 0 amide bonds. The Morgan fingerprint density at radius 3 is 2.26 bits per heavy atom. The minimum absolute atomic E-state index is 0.320. The van der Waals surface area contributed by atoms with E-state index in [4.69, 9.17) is 0 Å². The van der Waals surface area contributed by atoms with E-state index in [0.29, 0.717) is 18.0 Å². The molecule has 0 saturated carbocycles. The monoisotopic (exact) mass is 291 g/mol. The third-order valence-corrected chi connectivity index (χ3v) is 3.47. The normalized spacial score (nSPS) is 11.6. The summed E-state index contributed by atoms with van der Waals surface area (Å²) in [6.45, 7) is 1.51. The Hall–Kier alpha value is -2.03. The van der Waals surface area contributed by atoms with Crippen LogP contribution in [0.4, 0.5) is 18.9 Å². The van der Waals surface area contributed by atoms with E-state index in [9.17, 15) is 21.6 Å². The molecule has 19 heavy (non-hydrogen) atoms. The number of anilines is 1. The van der Waals surface area contributed by atoms with Gasteiger partial charge < -0.3 is 4.98 Å². The van der Waals surface area contributed by atoms with E-state index >= 15 is 0 Å². The first-order chi connectivity index (χ1) is 8.79. The second-order valence-corrected chi connectivity index (χ2v) is 5.33. The fourth-order valence-electron chi connectivity index (χ4n) is 1.36. The summed E-state index contributed by atoms with van der Waals surface area (Å²) >= 11 is 0. The van der Waals surface area contributed by atoms with Gasteiger partial charge in [0.2, 0.25) is 0 Å². The molecule has 2 rings (SSSR count). The van der Waals surface area contributed by atoms with Gasteiger partial charge >= 0.3 is 0 Å². The maximum atomic E-state index is 13.3. The maximum Gasteiger partial charge on any atom is 0.279 e. The van der Waals surface area contributed by atoms with Crippen molar-refractivity contribution >= 4 is 15.7 Å². The molecule has 0 unspecified atom stereocenters. The van der Waals surface area contributed by atoms with Crippen molar-refractivity contribution in [1.29, 1.82) is 0 Å². The van der Waals surface area contributed by atoms with Crippen molar-refractivity contribution in [1.82, 2.24) is 9.97 Å². The smallest absolute Gasteiger partial charge is 0.279 e. The number of halogens is 3. The quantitative estimate of drug-likeness (QED) is 0.907. The van der Waals surface area contributed by atoms with E-state index in [2.05, 4.69) is 9.97 Å². The summed E-state index contributed by atoms with van der Waals surface area (Å²) in [4.78, 5) is 6.07. The number of nitrogens with one attached hydrogen (secondary N) is 2. The summed E-state index contributed by atoms with van der Waals surface area (Å²) in [6, 6.07) is 0.748. The summed E-state index contributed by atoms with van der Waals surface area (Å²) in [6.07, 6.45) is 0.997. The van der Waals surface area contributed by atoms with Crippen molar-refractivity contribution in [2.75, 3.05) is 4.72 Å². The van der Waals surface area contributed by atoms with Gasteiger partial charge in [-0.15, -0.1) is 0 Å². The van der Waals surface area contributed by atoms with Gasteiger partial charge in [-0.3, -0.25) is 4.72 Å². The van der Waals surface area contributed by atoms with Crippen LogP contribution in [0.25, 0.3) is 0 Å². The van der Waals surface area contributed by atoms with Gasteiger partial charge in [-0.1, -0.05) is 0 Å². The van der Waals surface area contributed by atoms with E-state index in [1.165, 1.54) is 6.92 Å². The largest absolute Gasteiger partial charge is 0.332 e. The Morgan fingerprint density at radius 1 is 1.21 bits per heavy atom. The molecule has 102 valence electrons. The Labute approximate surface area is 106 Å². The number of benzene rings is 1. The average Bonchev–Trinajstić information content (AvgIpc) is 2.71. The Kier molecular flexibility index (Phi) is 3.23. The van der Waals surface area contributed by atoms with E-state index < -0.39 is 33.2 Å². The zero-order chi connectivity index (χ0) is 14.2. The van der Waals surface area contributed by atoms with Gasteiger partial charge in [0.05, 0.1) is 6.20 Å². The highest BCUT2D eigenvalue weighted by Crippen LogP contribution is 2.23. The molecular weight excluding hydrogens is 283 g/mol. The molecule has 0 radical (unpaired) electrons. The van der Waals surface area contributed by atoms with Crippen LogP contribution in [0.5, 0.6) is 0 Å². The molecule has 0 aliphatic heterocycles. The second kappa shape index (κ2) is 4.57. The number of sulfonamides is 1. The molecule has 5 nitrogen and oxygen atoms in total. The molecule has 9 heteroatoms. The van der Waals surface area contributed by atoms with Crippen LogP contribution in [0.1, 0.15) is 5.82 Å². The summed E-state index contributed by atoms with van der Waals surface area (Å²) in [5, 5.41) is -0.354. The molecule has 2 aromatic rings. The lowest BCUT2D eigenvalue weighted by atomic mass is 10.3.